The molecule has 0 saturated carbocycles. The van der Waals surface area contributed by atoms with Gasteiger partial charge in [0.15, 0.2) is 0 Å². The highest BCUT2D eigenvalue weighted by molar-refractivity contribution is 4.70. The van der Waals surface area contributed by atoms with Crippen LogP contribution in [-0.4, -0.2) is 56.2 Å². The lowest BCUT2D eigenvalue weighted by molar-refractivity contribution is 0.141. The number of likely N-dealkylation sites (N-methyl/N-ethyl adjacent to an activating group) is 1. The summed E-state index contributed by atoms with van der Waals surface area (Å²) >= 11 is 0. The van der Waals surface area contributed by atoms with Gasteiger partial charge in [0.05, 0.1) is 0 Å². The van der Waals surface area contributed by atoms with Gasteiger partial charge in [0.25, 0.3) is 0 Å². The molecule has 0 spiro atoms. The third-order valence-corrected chi connectivity index (χ3v) is 2.59. The van der Waals surface area contributed by atoms with E-state index in [1.54, 1.807) is 0 Å². The van der Waals surface area contributed by atoms with E-state index in [2.05, 4.69) is 42.9 Å². The summed E-state index contributed by atoms with van der Waals surface area (Å²) in [5.74, 6) is 0. The minimum absolute atomic E-state index is 0.395. The van der Waals surface area contributed by atoms with Gasteiger partial charge in [0, 0.05) is 39.4 Å². The Morgan fingerprint density at radius 3 is 2.14 bits per heavy atom. The SMILES string of the molecule is CN1CCN(CNCC(C)(C)C)CC1. The molecule has 84 valence electrons. The summed E-state index contributed by atoms with van der Waals surface area (Å²) in [5, 5.41) is 3.52. The molecule has 1 saturated heterocycles. The van der Waals surface area contributed by atoms with E-state index >= 15 is 0 Å². The maximum absolute atomic E-state index is 3.52. The van der Waals surface area contributed by atoms with E-state index in [0.29, 0.717) is 5.41 Å². The fourth-order valence-electron chi connectivity index (χ4n) is 1.60. The first-order chi connectivity index (χ1) is 6.47. The Morgan fingerprint density at radius 2 is 1.64 bits per heavy atom. The van der Waals surface area contributed by atoms with E-state index in [0.717, 1.165) is 13.2 Å². The van der Waals surface area contributed by atoms with Crippen LogP contribution in [0.15, 0.2) is 0 Å². The average Bonchev–Trinajstić information content (AvgIpc) is 2.06. The normalized spacial score (nSPS) is 21.4. The van der Waals surface area contributed by atoms with Gasteiger partial charge in [-0.2, -0.15) is 0 Å². The van der Waals surface area contributed by atoms with Crippen LogP contribution in [0.25, 0.3) is 0 Å². The van der Waals surface area contributed by atoms with E-state index in [-0.39, 0.29) is 0 Å². The number of nitrogens with one attached hydrogen (secondary N) is 1. The summed E-state index contributed by atoms with van der Waals surface area (Å²) in [6.45, 7) is 13.8. The summed E-state index contributed by atoms with van der Waals surface area (Å²) in [4.78, 5) is 4.88. The van der Waals surface area contributed by atoms with E-state index in [1.807, 2.05) is 0 Å². The third-order valence-electron chi connectivity index (χ3n) is 2.59. The molecule has 3 nitrogen and oxygen atoms in total. The van der Waals surface area contributed by atoms with Crippen molar-refractivity contribution in [1.29, 1.82) is 0 Å². The Labute approximate surface area is 88.5 Å². The molecule has 1 N–H and O–H groups in total. The van der Waals surface area contributed by atoms with E-state index in [9.17, 15) is 0 Å². The topological polar surface area (TPSA) is 18.5 Å². The molecule has 0 atom stereocenters. The van der Waals surface area contributed by atoms with Crippen LogP contribution in [-0.2, 0) is 0 Å². The van der Waals surface area contributed by atoms with Crippen molar-refractivity contribution in [2.24, 2.45) is 5.41 Å². The molecule has 1 aliphatic heterocycles. The maximum atomic E-state index is 3.52. The van der Waals surface area contributed by atoms with Crippen LogP contribution >= 0.6 is 0 Å². The van der Waals surface area contributed by atoms with Crippen LogP contribution < -0.4 is 5.32 Å². The lowest BCUT2D eigenvalue weighted by Gasteiger charge is -2.33. The van der Waals surface area contributed by atoms with Crippen molar-refractivity contribution in [2.75, 3.05) is 46.4 Å². The highest BCUT2D eigenvalue weighted by atomic mass is 15.3. The molecule has 14 heavy (non-hydrogen) atoms. The van der Waals surface area contributed by atoms with Gasteiger partial charge in [-0.1, -0.05) is 20.8 Å². The molecule has 0 bridgehead atoms. The molecule has 0 aromatic carbocycles. The van der Waals surface area contributed by atoms with Crippen LogP contribution in [0.4, 0.5) is 0 Å². The minimum Gasteiger partial charge on any atom is -0.304 e. The standard InChI is InChI=1S/C11H25N3/c1-11(2,3)9-12-10-14-7-5-13(4)6-8-14/h12H,5-10H2,1-4H3. The van der Waals surface area contributed by atoms with Gasteiger partial charge >= 0.3 is 0 Å². The number of hydrogen-bond acceptors (Lipinski definition) is 3. The first-order valence-electron chi connectivity index (χ1n) is 5.59. The molecule has 1 aliphatic rings. The van der Waals surface area contributed by atoms with Gasteiger partial charge in [-0.25, -0.2) is 0 Å². The second kappa shape index (κ2) is 5.10. The van der Waals surface area contributed by atoms with Crippen molar-refractivity contribution in [2.45, 2.75) is 20.8 Å². The van der Waals surface area contributed by atoms with Gasteiger partial charge in [-0.15, -0.1) is 0 Å². The second-order valence-corrected chi connectivity index (χ2v) is 5.57. The summed E-state index contributed by atoms with van der Waals surface area (Å²) in [6.07, 6.45) is 0. The fourth-order valence-corrected chi connectivity index (χ4v) is 1.60. The Balaban J connectivity index is 2.08. The van der Waals surface area contributed by atoms with Crippen molar-refractivity contribution in [3.8, 4) is 0 Å². The summed E-state index contributed by atoms with van der Waals surface area (Å²) in [6, 6.07) is 0. The summed E-state index contributed by atoms with van der Waals surface area (Å²) < 4.78 is 0. The van der Waals surface area contributed by atoms with Crippen LogP contribution in [0.5, 0.6) is 0 Å². The molecule has 0 amide bonds. The minimum atomic E-state index is 0.395. The third kappa shape index (κ3) is 4.94. The van der Waals surface area contributed by atoms with Gasteiger partial charge in [-0.05, 0) is 12.5 Å². The lowest BCUT2D eigenvalue weighted by atomic mass is 9.97. The van der Waals surface area contributed by atoms with E-state index in [1.165, 1.54) is 26.2 Å². The van der Waals surface area contributed by atoms with Crippen molar-refractivity contribution < 1.29 is 0 Å². The van der Waals surface area contributed by atoms with E-state index in [4.69, 9.17) is 0 Å². The molecular formula is C11H25N3. The molecule has 0 unspecified atom stereocenters. The fraction of sp³-hybridized carbons (Fsp3) is 1.00. The van der Waals surface area contributed by atoms with Crippen LogP contribution in [0, 0.1) is 5.41 Å². The monoisotopic (exact) mass is 199 g/mol. The second-order valence-electron chi connectivity index (χ2n) is 5.57. The Kier molecular flexibility index (Phi) is 4.35. The first-order valence-corrected chi connectivity index (χ1v) is 5.59. The zero-order chi connectivity index (χ0) is 10.6. The van der Waals surface area contributed by atoms with Gasteiger partial charge in [0.2, 0.25) is 0 Å². The molecule has 1 fully saturated rings. The summed E-state index contributed by atoms with van der Waals surface area (Å²) in [7, 11) is 2.19. The van der Waals surface area contributed by atoms with Gasteiger partial charge in [-0.3, -0.25) is 4.90 Å². The Morgan fingerprint density at radius 1 is 1.07 bits per heavy atom. The van der Waals surface area contributed by atoms with Crippen molar-refractivity contribution in [3.63, 3.8) is 0 Å². The maximum Gasteiger partial charge on any atom is 0.0481 e. The van der Waals surface area contributed by atoms with Gasteiger partial charge in [0.1, 0.15) is 0 Å². The van der Waals surface area contributed by atoms with E-state index < -0.39 is 0 Å². The molecule has 0 aromatic heterocycles. The number of piperazine rings is 1. The molecule has 0 aromatic rings. The van der Waals surface area contributed by atoms with Crippen molar-refractivity contribution in [1.82, 2.24) is 15.1 Å². The predicted octanol–water partition coefficient (Wildman–Crippen LogP) is 0.827. The van der Waals surface area contributed by atoms with Gasteiger partial charge < -0.3 is 10.2 Å². The molecule has 0 aliphatic carbocycles. The zero-order valence-corrected chi connectivity index (χ0v) is 10.1. The Hall–Kier alpha value is -0.120. The van der Waals surface area contributed by atoms with Crippen LogP contribution in [0.3, 0.4) is 0 Å². The molecule has 0 radical (unpaired) electrons. The molecule has 1 rings (SSSR count). The number of nitrogens with zero attached hydrogens (tertiary/aromatic N) is 2. The smallest absolute Gasteiger partial charge is 0.0481 e. The van der Waals surface area contributed by atoms with Crippen molar-refractivity contribution in [3.05, 3.63) is 0 Å². The highest BCUT2D eigenvalue weighted by Crippen LogP contribution is 2.10. The molecule has 3 heteroatoms. The van der Waals surface area contributed by atoms with Crippen LogP contribution in [0.2, 0.25) is 0 Å². The molecule has 1 heterocycles. The number of hydrogen-bond donors (Lipinski definition) is 1. The average molecular weight is 199 g/mol. The predicted molar refractivity (Wildman–Crippen MR) is 61.4 cm³/mol. The highest BCUT2D eigenvalue weighted by Gasteiger charge is 2.14. The molecular weight excluding hydrogens is 174 g/mol. The van der Waals surface area contributed by atoms with Crippen LogP contribution in [0.1, 0.15) is 20.8 Å². The van der Waals surface area contributed by atoms with Crippen molar-refractivity contribution >= 4 is 0 Å². The summed E-state index contributed by atoms with van der Waals surface area (Å²) in [5.41, 5.74) is 0.395. The number of rotatable bonds is 3. The first kappa shape index (κ1) is 12.0. The largest absolute Gasteiger partial charge is 0.304 e. The quantitative estimate of drug-likeness (QED) is 0.726. The Bertz CT molecular complexity index is 154. The zero-order valence-electron chi connectivity index (χ0n) is 10.1. The lowest BCUT2D eigenvalue weighted by Crippen LogP contribution is -2.48.